The molecule has 1 fully saturated rings. The van der Waals surface area contributed by atoms with Gasteiger partial charge in [0.1, 0.15) is 0 Å². The van der Waals surface area contributed by atoms with Gasteiger partial charge in [0, 0.05) is 13.1 Å². The number of amides is 2. The Bertz CT molecular complexity index is 397. The fourth-order valence-corrected chi connectivity index (χ4v) is 2.73. The number of carbonyl (C=O) groups excluding carboxylic acids is 1. The highest BCUT2D eigenvalue weighted by Crippen LogP contribution is 2.32. The van der Waals surface area contributed by atoms with Gasteiger partial charge in [0.2, 0.25) is 0 Å². The van der Waals surface area contributed by atoms with Crippen LogP contribution in [0.25, 0.3) is 0 Å². The van der Waals surface area contributed by atoms with Crippen molar-refractivity contribution < 1.29 is 4.79 Å². The maximum Gasteiger partial charge on any atom is 0.312 e. The fourth-order valence-electron chi connectivity index (χ4n) is 2.73. The lowest BCUT2D eigenvalue weighted by Crippen LogP contribution is -2.54. The molecule has 0 bridgehead atoms. The first-order valence-corrected chi connectivity index (χ1v) is 6.52. The molecule has 0 aromatic heterocycles. The van der Waals surface area contributed by atoms with Gasteiger partial charge in [0.25, 0.3) is 0 Å². The molecule has 4 nitrogen and oxygen atoms in total. The zero-order chi connectivity index (χ0) is 13.0. The molecule has 98 valence electrons. The number of benzene rings is 1. The van der Waals surface area contributed by atoms with Crippen molar-refractivity contribution >= 4 is 6.03 Å². The number of primary amides is 1. The zero-order valence-corrected chi connectivity index (χ0v) is 10.9. The molecule has 1 saturated heterocycles. The van der Waals surface area contributed by atoms with Crippen LogP contribution in [0.4, 0.5) is 4.79 Å². The van der Waals surface area contributed by atoms with Crippen molar-refractivity contribution in [1.82, 2.24) is 10.2 Å². The second-order valence-corrected chi connectivity index (χ2v) is 4.87. The maximum absolute atomic E-state index is 11.3. The Labute approximate surface area is 108 Å². The molecule has 1 aliphatic rings. The van der Waals surface area contributed by atoms with E-state index in [9.17, 15) is 4.79 Å². The van der Waals surface area contributed by atoms with E-state index in [1.165, 1.54) is 0 Å². The van der Waals surface area contributed by atoms with E-state index in [1.54, 1.807) is 0 Å². The molecular weight excluding hydrogens is 226 g/mol. The van der Waals surface area contributed by atoms with E-state index < -0.39 is 6.03 Å². The van der Waals surface area contributed by atoms with Gasteiger partial charge in [-0.2, -0.15) is 0 Å². The SMILES string of the molecule is CCN1CCC(NC(N)=O)(c2ccccc2)CC1. The third-order valence-electron chi connectivity index (χ3n) is 3.85. The van der Waals surface area contributed by atoms with Crippen LogP contribution in [0.15, 0.2) is 30.3 Å². The lowest BCUT2D eigenvalue weighted by atomic mass is 9.81. The number of piperidine rings is 1. The number of rotatable bonds is 3. The molecule has 0 aliphatic carbocycles. The molecule has 0 unspecified atom stereocenters. The number of nitrogens with zero attached hydrogens (tertiary/aromatic N) is 1. The van der Waals surface area contributed by atoms with Crippen LogP contribution in [0.1, 0.15) is 25.3 Å². The van der Waals surface area contributed by atoms with Gasteiger partial charge < -0.3 is 16.0 Å². The first kappa shape index (κ1) is 12.9. The molecule has 1 heterocycles. The van der Waals surface area contributed by atoms with E-state index in [0.717, 1.165) is 38.0 Å². The Hall–Kier alpha value is -1.55. The van der Waals surface area contributed by atoms with Crippen molar-refractivity contribution in [2.75, 3.05) is 19.6 Å². The number of hydrogen-bond donors (Lipinski definition) is 2. The normalized spacial score (nSPS) is 19.4. The Morgan fingerprint density at radius 3 is 2.44 bits per heavy atom. The molecule has 1 aromatic rings. The zero-order valence-electron chi connectivity index (χ0n) is 10.9. The van der Waals surface area contributed by atoms with Crippen molar-refractivity contribution in [3.63, 3.8) is 0 Å². The summed E-state index contributed by atoms with van der Waals surface area (Å²) in [5.74, 6) is 0. The van der Waals surface area contributed by atoms with Crippen LogP contribution in [0.5, 0.6) is 0 Å². The summed E-state index contributed by atoms with van der Waals surface area (Å²) in [6.07, 6.45) is 1.82. The summed E-state index contributed by atoms with van der Waals surface area (Å²) >= 11 is 0. The molecule has 0 radical (unpaired) electrons. The first-order valence-electron chi connectivity index (χ1n) is 6.52. The van der Waals surface area contributed by atoms with Crippen LogP contribution < -0.4 is 11.1 Å². The molecule has 0 saturated carbocycles. The Kier molecular flexibility index (Phi) is 3.87. The summed E-state index contributed by atoms with van der Waals surface area (Å²) in [6, 6.07) is 9.69. The van der Waals surface area contributed by atoms with Gasteiger partial charge in [0.15, 0.2) is 0 Å². The Morgan fingerprint density at radius 2 is 1.94 bits per heavy atom. The van der Waals surface area contributed by atoms with Crippen molar-refractivity contribution in [2.24, 2.45) is 5.73 Å². The molecule has 2 amide bonds. The molecule has 18 heavy (non-hydrogen) atoms. The molecule has 2 rings (SSSR count). The summed E-state index contributed by atoms with van der Waals surface area (Å²) in [6.45, 7) is 5.20. The summed E-state index contributed by atoms with van der Waals surface area (Å²) in [7, 11) is 0. The van der Waals surface area contributed by atoms with Crippen LogP contribution in [0, 0.1) is 0 Å². The summed E-state index contributed by atoms with van der Waals surface area (Å²) in [5, 5.41) is 2.97. The molecule has 4 heteroatoms. The van der Waals surface area contributed by atoms with Gasteiger partial charge in [-0.05, 0) is 24.9 Å². The average Bonchev–Trinajstić information content (AvgIpc) is 2.40. The highest BCUT2D eigenvalue weighted by Gasteiger charge is 2.36. The topological polar surface area (TPSA) is 58.4 Å². The Balaban J connectivity index is 2.23. The van der Waals surface area contributed by atoms with Crippen molar-refractivity contribution in [1.29, 1.82) is 0 Å². The second-order valence-electron chi connectivity index (χ2n) is 4.87. The third kappa shape index (κ3) is 2.64. The number of carbonyl (C=O) groups is 1. The Morgan fingerprint density at radius 1 is 1.33 bits per heavy atom. The molecule has 0 atom stereocenters. The number of urea groups is 1. The maximum atomic E-state index is 11.3. The molecular formula is C14H21N3O. The largest absolute Gasteiger partial charge is 0.352 e. The highest BCUT2D eigenvalue weighted by atomic mass is 16.2. The number of nitrogens with one attached hydrogen (secondary N) is 1. The number of hydrogen-bond acceptors (Lipinski definition) is 2. The van der Waals surface area contributed by atoms with Crippen LogP contribution >= 0.6 is 0 Å². The summed E-state index contributed by atoms with van der Waals surface area (Å²) in [4.78, 5) is 13.7. The van der Waals surface area contributed by atoms with Gasteiger partial charge in [-0.1, -0.05) is 37.3 Å². The van der Waals surface area contributed by atoms with Gasteiger partial charge in [0.05, 0.1) is 5.54 Å². The lowest BCUT2D eigenvalue weighted by molar-refractivity contribution is 0.143. The minimum absolute atomic E-state index is 0.293. The molecule has 3 N–H and O–H groups in total. The van der Waals surface area contributed by atoms with Gasteiger partial charge >= 0.3 is 6.03 Å². The van der Waals surface area contributed by atoms with Crippen LogP contribution in [0.3, 0.4) is 0 Å². The monoisotopic (exact) mass is 247 g/mol. The predicted molar refractivity (Wildman–Crippen MR) is 72.2 cm³/mol. The minimum Gasteiger partial charge on any atom is -0.352 e. The van der Waals surface area contributed by atoms with Crippen LogP contribution in [-0.4, -0.2) is 30.6 Å². The van der Waals surface area contributed by atoms with E-state index in [1.807, 2.05) is 18.2 Å². The average molecular weight is 247 g/mol. The van der Waals surface area contributed by atoms with E-state index in [2.05, 4.69) is 29.3 Å². The smallest absolute Gasteiger partial charge is 0.312 e. The van der Waals surface area contributed by atoms with Crippen LogP contribution in [0.2, 0.25) is 0 Å². The fraction of sp³-hybridized carbons (Fsp3) is 0.500. The van der Waals surface area contributed by atoms with Gasteiger partial charge in [-0.25, -0.2) is 4.79 Å². The van der Waals surface area contributed by atoms with E-state index in [0.29, 0.717) is 0 Å². The highest BCUT2D eigenvalue weighted by molar-refractivity contribution is 5.73. The van der Waals surface area contributed by atoms with Gasteiger partial charge in [-0.15, -0.1) is 0 Å². The van der Waals surface area contributed by atoms with Crippen molar-refractivity contribution in [3.05, 3.63) is 35.9 Å². The van der Waals surface area contributed by atoms with Crippen molar-refractivity contribution in [3.8, 4) is 0 Å². The number of nitrogens with two attached hydrogens (primary N) is 1. The number of likely N-dealkylation sites (tertiary alicyclic amines) is 1. The predicted octanol–water partition coefficient (Wildman–Crippen LogP) is 1.67. The van der Waals surface area contributed by atoms with E-state index >= 15 is 0 Å². The third-order valence-corrected chi connectivity index (χ3v) is 3.85. The first-order chi connectivity index (χ1) is 8.66. The molecule has 1 aliphatic heterocycles. The molecule has 1 aromatic carbocycles. The second kappa shape index (κ2) is 5.40. The van der Waals surface area contributed by atoms with Gasteiger partial charge in [-0.3, -0.25) is 0 Å². The van der Waals surface area contributed by atoms with E-state index in [-0.39, 0.29) is 5.54 Å². The van der Waals surface area contributed by atoms with Crippen molar-refractivity contribution in [2.45, 2.75) is 25.3 Å². The minimum atomic E-state index is -0.441. The lowest BCUT2D eigenvalue weighted by Gasteiger charge is -2.42. The quantitative estimate of drug-likeness (QED) is 0.853. The summed E-state index contributed by atoms with van der Waals surface area (Å²) in [5.41, 5.74) is 6.21. The summed E-state index contributed by atoms with van der Waals surface area (Å²) < 4.78 is 0. The standard InChI is InChI=1S/C14H21N3O/c1-2-17-10-8-14(9-11-17,16-13(15)18)12-6-4-3-5-7-12/h3-7H,2,8-11H2,1H3,(H3,15,16,18). The van der Waals surface area contributed by atoms with E-state index in [4.69, 9.17) is 5.73 Å². The van der Waals surface area contributed by atoms with Crippen LogP contribution in [-0.2, 0) is 5.54 Å². The molecule has 0 spiro atoms.